The van der Waals surface area contributed by atoms with Gasteiger partial charge in [-0.15, -0.1) is 0 Å². The summed E-state index contributed by atoms with van der Waals surface area (Å²) >= 11 is 0. The predicted molar refractivity (Wildman–Crippen MR) is 47.4 cm³/mol. The lowest BCUT2D eigenvalue weighted by molar-refractivity contribution is -0.00700. The van der Waals surface area contributed by atoms with Gasteiger partial charge in [0.25, 0.3) is 0 Å². The van der Waals surface area contributed by atoms with Crippen molar-refractivity contribution in [2.24, 2.45) is 0 Å². The molecule has 0 heterocycles. The van der Waals surface area contributed by atoms with Gasteiger partial charge in [0.1, 0.15) is 5.60 Å². The minimum atomic E-state index is -0.629. The van der Waals surface area contributed by atoms with E-state index in [-0.39, 0.29) is 0 Å². The number of carbonyl (C=O) groups excluding carboxylic acids is 1. The molecule has 0 amide bonds. The van der Waals surface area contributed by atoms with E-state index < -0.39 is 11.8 Å². The van der Waals surface area contributed by atoms with E-state index in [0.29, 0.717) is 19.3 Å². The van der Waals surface area contributed by atoms with Crippen LogP contribution < -0.4 is 0 Å². The van der Waals surface area contributed by atoms with Crippen molar-refractivity contribution in [3.63, 3.8) is 0 Å². The predicted octanol–water partition coefficient (Wildman–Crippen LogP) is 1.91. The first kappa shape index (κ1) is 11.3. The fraction of sp³-hybridized carbons (Fsp3) is 0.875. The molecule has 0 fully saturated rings. The summed E-state index contributed by atoms with van der Waals surface area (Å²) in [6, 6.07) is 0. The monoisotopic (exact) mass is 170 g/mol. The summed E-state index contributed by atoms with van der Waals surface area (Å²) in [5, 5.41) is 0. The van der Waals surface area contributed by atoms with Gasteiger partial charge in [0.05, 0.1) is 14.5 Å². The summed E-state index contributed by atoms with van der Waals surface area (Å²) in [7, 11) is 5.21. The summed E-state index contributed by atoms with van der Waals surface area (Å²) < 4.78 is 9.60. The van der Waals surface area contributed by atoms with Gasteiger partial charge >= 0.3 is 6.16 Å². The lowest BCUT2D eigenvalue weighted by Gasteiger charge is -2.18. The van der Waals surface area contributed by atoms with Gasteiger partial charge in [0, 0.05) is 0 Å². The molecule has 0 spiro atoms. The number of carbonyl (C=O) groups is 1. The van der Waals surface area contributed by atoms with Crippen LogP contribution in [-0.4, -0.2) is 26.2 Å². The van der Waals surface area contributed by atoms with Gasteiger partial charge < -0.3 is 9.47 Å². The zero-order chi connectivity index (χ0) is 9.61. The number of hydrogen-bond donors (Lipinski definition) is 0. The van der Waals surface area contributed by atoms with Crippen molar-refractivity contribution in [2.75, 3.05) is 6.61 Å². The van der Waals surface area contributed by atoms with E-state index in [0.717, 1.165) is 0 Å². The Morgan fingerprint density at radius 2 is 2.00 bits per heavy atom. The van der Waals surface area contributed by atoms with E-state index in [4.69, 9.17) is 17.3 Å². The van der Waals surface area contributed by atoms with Crippen LogP contribution in [0.4, 0.5) is 4.79 Å². The molecule has 12 heavy (non-hydrogen) atoms. The Morgan fingerprint density at radius 1 is 1.42 bits per heavy atom. The molecule has 0 atom stereocenters. The highest BCUT2D eigenvalue weighted by molar-refractivity contribution is 6.08. The number of rotatable bonds is 3. The van der Waals surface area contributed by atoms with E-state index in [9.17, 15) is 4.79 Å². The van der Waals surface area contributed by atoms with Crippen LogP contribution in [0.1, 0.15) is 27.2 Å². The highest BCUT2D eigenvalue weighted by atomic mass is 16.7. The van der Waals surface area contributed by atoms with Crippen LogP contribution in [-0.2, 0) is 9.47 Å². The molecule has 0 aliphatic rings. The van der Waals surface area contributed by atoms with Crippen LogP contribution in [0.25, 0.3) is 0 Å². The molecule has 3 nitrogen and oxygen atoms in total. The fourth-order valence-corrected chi connectivity index (χ4v) is 0.518. The van der Waals surface area contributed by atoms with Gasteiger partial charge in [-0.1, -0.05) is 6.32 Å². The Kier molecular flexibility index (Phi) is 4.78. The molecular weight excluding hydrogens is 155 g/mol. The lowest BCUT2D eigenvalue weighted by atomic mass is 10.0. The molecule has 0 aromatic heterocycles. The molecule has 0 aromatic carbocycles. The lowest BCUT2D eigenvalue weighted by Crippen LogP contribution is -2.24. The van der Waals surface area contributed by atoms with Crippen molar-refractivity contribution in [2.45, 2.75) is 39.1 Å². The van der Waals surface area contributed by atoms with Crippen molar-refractivity contribution >= 4 is 14.0 Å². The van der Waals surface area contributed by atoms with Crippen molar-refractivity contribution < 1.29 is 14.3 Å². The third-order valence-electron chi connectivity index (χ3n) is 0.958. The van der Waals surface area contributed by atoms with Crippen LogP contribution in [0.3, 0.4) is 0 Å². The normalized spacial score (nSPS) is 10.9. The van der Waals surface area contributed by atoms with Gasteiger partial charge in [-0.3, -0.25) is 0 Å². The van der Waals surface area contributed by atoms with E-state index in [1.807, 2.05) is 0 Å². The van der Waals surface area contributed by atoms with Crippen molar-refractivity contribution in [1.82, 2.24) is 0 Å². The van der Waals surface area contributed by atoms with E-state index in [2.05, 4.69) is 0 Å². The second kappa shape index (κ2) is 5.06. The third-order valence-corrected chi connectivity index (χ3v) is 0.958. The average molecular weight is 170 g/mol. The molecule has 0 aromatic rings. The standard InChI is InChI=1S/C8H15BO3/c1-8(2,3)12-7(10)11-6-4-5-9/h4-6H2,1-3H3. The Balaban J connectivity index is 3.47. The number of hydrogen-bond acceptors (Lipinski definition) is 3. The summed E-state index contributed by atoms with van der Waals surface area (Å²) in [5.74, 6) is 0. The first-order chi connectivity index (χ1) is 5.45. The van der Waals surface area contributed by atoms with Gasteiger partial charge in [-0.2, -0.15) is 0 Å². The van der Waals surface area contributed by atoms with Crippen molar-refractivity contribution in [3.05, 3.63) is 0 Å². The topological polar surface area (TPSA) is 35.5 Å². The van der Waals surface area contributed by atoms with Crippen LogP contribution in [0.15, 0.2) is 0 Å². The summed E-state index contributed by atoms with van der Waals surface area (Å²) in [6.45, 7) is 5.69. The molecule has 0 N–H and O–H groups in total. The molecule has 68 valence electrons. The quantitative estimate of drug-likeness (QED) is 0.368. The smallest absolute Gasteiger partial charge is 0.434 e. The Bertz CT molecular complexity index is 140. The summed E-state index contributed by atoms with van der Waals surface area (Å²) in [4.78, 5) is 10.8. The van der Waals surface area contributed by atoms with Crippen LogP contribution in [0, 0.1) is 0 Å². The van der Waals surface area contributed by atoms with Crippen molar-refractivity contribution in [1.29, 1.82) is 0 Å². The molecule has 0 bridgehead atoms. The van der Waals surface area contributed by atoms with Gasteiger partial charge in [0.2, 0.25) is 0 Å². The Labute approximate surface area is 74.8 Å². The minimum Gasteiger partial charge on any atom is -0.434 e. The highest BCUT2D eigenvalue weighted by Gasteiger charge is 2.16. The second-order valence-corrected chi connectivity index (χ2v) is 3.46. The maximum atomic E-state index is 10.8. The SMILES string of the molecule is [B]CCCOC(=O)OC(C)(C)C. The molecule has 2 radical (unpaired) electrons. The van der Waals surface area contributed by atoms with E-state index in [1.165, 1.54) is 0 Å². The van der Waals surface area contributed by atoms with Gasteiger partial charge in [-0.05, 0) is 27.2 Å². The maximum Gasteiger partial charge on any atom is 0.508 e. The molecule has 0 rings (SSSR count). The molecule has 4 heteroatoms. The molecular formula is C8H15BO3. The Morgan fingerprint density at radius 3 is 2.42 bits per heavy atom. The molecule has 0 aliphatic carbocycles. The Hall–Kier alpha value is -0.665. The summed E-state index contributed by atoms with van der Waals surface area (Å²) in [5.41, 5.74) is -0.486. The van der Waals surface area contributed by atoms with Gasteiger partial charge in [0.15, 0.2) is 0 Å². The van der Waals surface area contributed by atoms with Crippen LogP contribution in [0.5, 0.6) is 0 Å². The molecule has 0 aliphatic heterocycles. The summed E-state index contributed by atoms with van der Waals surface area (Å²) in [6.07, 6.45) is 0.554. The maximum absolute atomic E-state index is 10.8. The molecule has 0 saturated heterocycles. The zero-order valence-corrected chi connectivity index (χ0v) is 7.92. The van der Waals surface area contributed by atoms with Gasteiger partial charge in [-0.25, -0.2) is 4.79 Å². The highest BCUT2D eigenvalue weighted by Crippen LogP contribution is 2.08. The largest absolute Gasteiger partial charge is 0.508 e. The van der Waals surface area contributed by atoms with Crippen LogP contribution >= 0.6 is 0 Å². The average Bonchev–Trinajstić information content (AvgIpc) is 1.84. The second-order valence-electron chi connectivity index (χ2n) is 3.46. The first-order valence-electron chi connectivity index (χ1n) is 4.01. The van der Waals surface area contributed by atoms with Crippen molar-refractivity contribution in [3.8, 4) is 0 Å². The van der Waals surface area contributed by atoms with E-state index >= 15 is 0 Å². The third kappa shape index (κ3) is 7.44. The minimum absolute atomic E-state index is 0.325. The number of ether oxygens (including phenoxy) is 2. The molecule has 0 saturated carbocycles. The van der Waals surface area contributed by atoms with Crippen LogP contribution in [0.2, 0.25) is 6.32 Å². The molecule has 0 unspecified atom stereocenters. The fourth-order valence-electron chi connectivity index (χ4n) is 0.518. The first-order valence-corrected chi connectivity index (χ1v) is 4.01. The zero-order valence-electron chi connectivity index (χ0n) is 7.92. The van der Waals surface area contributed by atoms with E-state index in [1.54, 1.807) is 20.8 Å².